The Bertz CT molecular complexity index is 835. The molecule has 0 fully saturated rings. The van der Waals surface area contributed by atoms with E-state index in [1.807, 2.05) is 0 Å². The highest BCUT2D eigenvalue weighted by molar-refractivity contribution is 6.33. The quantitative estimate of drug-likeness (QED) is 0.817. The van der Waals surface area contributed by atoms with E-state index in [2.05, 4.69) is 20.8 Å². The zero-order chi connectivity index (χ0) is 19.6. The Balaban J connectivity index is 2.24. The van der Waals surface area contributed by atoms with E-state index in [4.69, 9.17) is 11.6 Å². The summed E-state index contributed by atoms with van der Waals surface area (Å²) in [5.74, 6) is -0.953. The Labute approximate surface area is 151 Å². The van der Waals surface area contributed by atoms with Crippen LogP contribution in [0.4, 0.5) is 13.2 Å². The summed E-state index contributed by atoms with van der Waals surface area (Å²) in [7, 11) is 0. The van der Waals surface area contributed by atoms with Crippen LogP contribution in [-0.4, -0.2) is 32.5 Å². The molecule has 0 radical (unpaired) electrons. The lowest BCUT2D eigenvalue weighted by Crippen LogP contribution is -2.49. The summed E-state index contributed by atoms with van der Waals surface area (Å²) in [4.78, 5) is 23.5. The molecular formula is C15H17ClF3N5O2. The van der Waals surface area contributed by atoms with Gasteiger partial charge in [0.15, 0.2) is 11.5 Å². The van der Waals surface area contributed by atoms with Gasteiger partial charge in [0, 0.05) is 13.1 Å². The molecule has 2 aromatic rings. The van der Waals surface area contributed by atoms with E-state index in [1.165, 1.54) is 6.92 Å². The lowest BCUT2D eigenvalue weighted by molar-refractivity contribution is -0.137. The number of amides is 2. The van der Waals surface area contributed by atoms with Crippen LogP contribution in [-0.2, 0) is 22.3 Å². The van der Waals surface area contributed by atoms with E-state index in [9.17, 15) is 22.8 Å². The summed E-state index contributed by atoms with van der Waals surface area (Å²) >= 11 is 5.84. The van der Waals surface area contributed by atoms with Crippen molar-refractivity contribution in [3.63, 3.8) is 0 Å². The van der Waals surface area contributed by atoms with Gasteiger partial charge in [0.2, 0.25) is 11.8 Å². The maximum atomic E-state index is 12.9. The lowest BCUT2D eigenvalue weighted by atomic mass is 10.0. The predicted octanol–water partition coefficient (Wildman–Crippen LogP) is 2.18. The Kier molecular flexibility index (Phi) is 5.74. The van der Waals surface area contributed by atoms with Crippen molar-refractivity contribution in [2.75, 3.05) is 0 Å². The standard InChI is InChI=1S/C15H17ClF3N5O2/c1-7(2)12(21-8(3)25)14(26)20-5-11-22-23-13-10(16)4-9(6-24(11)13)15(17,18)19/h4,6-7,12H,5H2,1-3H3,(H,20,26)(H,21,25)/t12-/m0/s1. The fourth-order valence-corrected chi connectivity index (χ4v) is 2.55. The topological polar surface area (TPSA) is 88.4 Å². The fraction of sp³-hybridized carbons (Fsp3) is 0.467. The largest absolute Gasteiger partial charge is 0.417 e. The number of nitrogens with one attached hydrogen (secondary N) is 2. The second-order valence-electron chi connectivity index (χ2n) is 6.02. The molecule has 11 heteroatoms. The van der Waals surface area contributed by atoms with E-state index in [1.54, 1.807) is 13.8 Å². The Morgan fingerprint density at radius 3 is 2.50 bits per heavy atom. The van der Waals surface area contributed by atoms with E-state index < -0.39 is 23.7 Å². The molecule has 2 N–H and O–H groups in total. The number of halogens is 4. The number of carbonyl (C=O) groups is 2. The van der Waals surface area contributed by atoms with Crippen molar-refractivity contribution in [3.05, 3.63) is 28.7 Å². The second-order valence-corrected chi connectivity index (χ2v) is 6.43. The molecule has 0 spiro atoms. The number of carbonyl (C=O) groups excluding carboxylic acids is 2. The van der Waals surface area contributed by atoms with Gasteiger partial charge in [0.05, 0.1) is 17.1 Å². The molecule has 0 bridgehead atoms. The van der Waals surface area contributed by atoms with Gasteiger partial charge in [-0.05, 0) is 12.0 Å². The van der Waals surface area contributed by atoms with Gasteiger partial charge < -0.3 is 10.6 Å². The van der Waals surface area contributed by atoms with Gasteiger partial charge in [-0.2, -0.15) is 13.2 Å². The van der Waals surface area contributed by atoms with E-state index in [-0.39, 0.29) is 34.9 Å². The number of rotatable bonds is 5. The first-order valence-corrected chi connectivity index (χ1v) is 8.03. The van der Waals surface area contributed by atoms with Crippen LogP contribution >= 0.6 is 11.6 Å². The van der Waals surface area contributed by atoms with Crippen LogP contribution in [0, 0.1) is 5.92 Å². The second kappa shape index (κ2) is 7.48. The van der Waals surface area contributed by atoms with Crippen molar-refractivity contribution in [2.24, 2.45) is 5.92 Å². The third-order valence-electron chi connectivity index (χ3n) is 3.59. The van der Waals surface area contributed by atoms with Crippen molar-refractivity contribution in [2.45, 2.75) is 39.5 Å². The van der Waals surface area contributed by atoms with Gasteiger partial charge in [0.25, 0.3) is 0 Å². The fourth-order valence-electron chi connectivity index (χ4n) is 2.31. The minimum Gasteiger partial charge on any atom is -0.347 e. The zero-order valence-electron chi connectivity index (χ0n) is 14.2. The first-order chi connectivity index (χ1) is 12.0. The number of fused-ring (bicyclic) bond motifs is 1. The molecule has 1 atom stereocenters. The van der Waals surface area contributed by atoms with Crippen LogP contribution < -0.4 is 10.6 Å². The molecule has 2 rings (SSSR count). The van der Waals surface area contributed by atoms with Crippen LogP contribution in [0.3, 0.4) is 0 Å². The summed E-state index contributed by atoms with van der Waals surface area (Å²) in [6, 6.07) is -0.0134. The zero-order valence-corrected chi connectivity index (χ0v) is 14.9. The molecule has 0 aliphatic rings. The van der Waals surface area contributed by atoms with Crippen LogP contribution in [0.15, 0.2) is 12.3 Å². The maximum Gasteiger partial charge on any atom is 0.417 e. The number of hydrogen-bond acceptors (Lipinski definition) is 4. The van der Waals surface area contributed by atoms with Crippen molar-refractivity contribution >= 4 is 29.1 Å². The monoisotopic (exact) mass is 391 g/mol. The summed E-state index contributed by atoms with van der Waals surface area (Å²) in [5.41, 5.74) is -0.910. The van der Waals surface area contributed by atoms with Crippen LogP contribution in [0.5, 0.6) is 0 Å². The van der Waals surface area contributed by atoms with Gasteiger partial charge in [-0.3, -0.25) is 14.0 Å². The summed E-state index contributed by atoms with van der Waals surface area (Å²) in [6.45, 7) is 4.61. The Morgan fingerprint density at radius 1 is 1.31 bits per heavy atom. The van der Waals surface area contributed by atoms with Crippen molar-refractivity contribution < 1.29 is 22.8 Å². The highest BCUT2D eigenvalue weighted by atomic mass is 35.5. The van der Waals surface area contributed by atoms with E-state index >= 15 is 0 Å². The molecule has 7 nitrogen and oxygen atoms in total. The number of aromatic nitrogens is 3. The SMILES string of the molecule is CC(=O)N[C@H](C(=O)NCc1nnc2c(Cl)cc(C(F)(F)F)cn12)C(C)C. The van der Waals surface area contributed by atoms with Gasteiger partial charge >= 0.3 is 6.18 Å². The molecule has 2 aromatic heterocycles. The molecule has 0 saturated carbocycles. The van der Waals surface area contributed by atoms with Gasteiger partial charge in [0.1, 0.15) is 6.04 Å². The molecule has 0 aliphatic heterocycles. The smallest absolute Gasteiger partial charge is 0.347 e. The minimum absolute atomic E-state index is 0.0474. The molecule has 142 valence electrons. The number of hydrogen-bond donors (Lipinski definition) is 2. The molecular weight excluding hydrogens is 375 g/mol. The average Bonchev–Trinajstić information content (AvgIpc) is 2.92. The van der Waals surface area contributed by atoms with Gasteiger partial charge in [-0.1, -0.05) is 25.4 Å². The predicted molar refractivity (Wildman–Crippen MR) is 87.3 cm³/mol. The third kappa shape index (κ3) is 4.43. The highest BCUT2D eigenvalue weighted by Crippen LogP contribution is 2.32. The molecule has 2 heterocycles. The third-order valence-corrected chi connectivity index (χ3v) is 3.86. The summed E-state index contributed by atoms with van der Waals surface area (Å²) < 4.78 is 39.9. The first-order valence-electron chi connectivity index (χ1n) is 7.66. The number of pyridine rings is 1. The normalized spacial score (nSPS) is 13.1. The van der Waals surface area contributed by atoms with Crippen LogP contribution in [0.2, 0.25) is 5.02 Å². The first kappa shape index (κ1) is 20.0. The number of nitrogens with zero attached hydrogens (tertiary/aromatic N) is 3. The van der Waals surface area contributed by atoms with Crippen molar-refractivity contribution in [1.82, 2.24) is 25.2 Å². The molecule has 0 aromatic carbocycles. The van der Waals surface area contributed by atoms with Gasteiger partial charge in [-0.15, -0.1) is 10.2 Å². The van der Waals surface area contributed by atoms with E-state index in [0.717, 1.165) is 16.7 Å². The molecule has 2 amide bonds. The van der Waals surface area contributed by atoms with E-state index in [0.29, 0.717) is 0 Å². The van der Waals surface area contributed by atoms with Gasteiger partial charge in [-0.25, -0.2) is 0 Å². The average molecular weight is 392 g/mol. The maximum absolute atomic E-state index is 12.9. The Morgan fingerprint density at radius 2 is 1.96 bits per heavy atom. The molecule has 26 heavy (non-hydrogen) atoms. The van der Waals surface area contributed by atoms with Crippen molar-refractivity contribution in [1.29, 1.82) is 0 Å². The Hall–Kier alpha value is -2.36. The number of alkyl halides is 3. The van der Waals surface area contributed by atoms with Crippen LogP contribution in [0.25, 0.3) is 5.65 Å². The molecule has 0 saturated heterocycles. The molecule has 0 unspecified atom stereocenters. The molecule has 0 aliphatic carbocycles. The van der Waals surface area contributed by atoms with Crippen molar-refractivity contribution in [3.8, 4) is 0 Å². The summed E-state index contributed by atoms with van der Waals surface area (Å²) in [6.07, 6.45) is -3.77. The summed E-state index contributed by atoms with van der Waals surface area (Å²) in [5, 5.41) is 12.4. The van der Waals surface area contributed by atoms with Crippen LogP contribution in [0.1, 0.15) is 32.2 Å². The lowest BCUT2D eigenvalue weighted by Gasteiger charge is -2.20. The minimum atomic E-state index is -4.59. The highest BCUT2D eigenvalue weighted by Gasteiger charge is 2.32.